The highest BCUT2D eigenvalue weighted by Gasteiger charge is 2.33. The van der Waals surface area contributed by atoms with Crippen LogP contribution < -0.4 is 11.1 Å². The molecule has 5 heteroatoms. The number of hydrogen-bond acceptors (Lipinski definition) is 2. The maximum absolute atomic E-state index is 12.8. The van der Waals surface area contributed by atoms with Crippen molar-refractivity contribution >= 4 is 0 Å². The largest absolute Gasteiger partial charge is 0.416 e. The average molecular weight is 272 g/mol. The van der Waals surface area contributed by atoms with E-state index in [1.807, 2.05) is 0 Å². The molecular formula is C14H19F3N2. The average Bonchev–Trinajstić information content (AvgIpc) is 2.83. The van der Waals surface area contributed by atoms with Gasteiger partial charge in [0, 0.05) is 12.6 Å². The van der Waals surface area contributed by atoms with Gasteiger partial charge in [-0.3, -0.25) is 0 Å². The molecule has 0 radical (unpaired) electrons. The van der Waals surface area contributed by atoms with Gasteiger partial charge in [0.1, 0.15) is 0 Å². The van der Waals surface area contributed by atoms with Crippen molar-refractivity contribution < 1.29 is 13.2 Å². The van der Waals surface area contributed by atoms with E-state index in [2.05, 4.69) is 5.32 Å². The summed E-state index contributed by atoms with van der Waals surface area (Å²) in [6.07, 6.45) is -1.13. The van der Waals surface area contributed by atoms with Crippen molar-refractivity contribution in [3.05, 3.63) is 35.4 Å². The topological polar surface area (TPSA) is 38.0 Å². The lowest BCUT2D eigenvalue weighted by Crippen LogP contribution is -2.35. The second kappa shape index (κ2) is 5.92. The minimum Gasteiger partial charge on any atom is -0.330 e. The second-order valence-corrected chi connectivity index (χ2v) is 5.07. The summed E-state index contributed by atoms with van der Waals surface area (Å²) >= 11 is 0. The van der Waals surface area contributed by atoms with E-state index in [4.69, 9.17) is 5.73 Å². The van der Waals surface area contributed by atoms with Crippen LogP contribution in [0.15, 0.2) is 24.3 Å². The predicted octanol–water partition coefficient (Wildman–Crippen LogP) is 2.92. The Morgan fingerprint density at radius 1 is 1.21 bits per heavy atom. The first-order chi connectivity index (χ1) is 9.02. The molecule has 19 heavy (non-hydrogen) atoms. The summed E-state index contributed by atoms with van der Waals surface area (Å²) in [6.45, 7) is 0.843. The fourth-order valence-corrected chi connectivity index (χ4v) is 2.78. The summed E-state index contributed by atoms with van der Waals surface area (Å²) in [5, 5.41) is 3.23. The van der Waals surface area contributed by atoms with E-state index >= 15 is 0 Å². The fraction of sp³-hybridized carbons (Fsp3) is 0.571. The molecule has 1 fully saturated rings. The van der Waals surface area contributed by atoms with Crippen LogP contribution in [0.4, 0.5) is 13.2 Å². The lowest BCUT2D eigenvalue weighted by Gasteiger charge is -2.21. The molecule has 2 atom stereocenters. The Labute approximate surface area is 111 Å². The van der Waals surface area contributed by atoms with E-state index in [0.717, 1.165) is 25.3 Å². The van der Waals surface area contributed by atoms with Gasteiger partial charge in [-0.25, -0.2) is 0 Å². The third-order valence-electron chi connectivity index (χ3n) is 3.84. The van der Waals surface area contributed by atoms with E-state index < -0.39 is 11.7 Å². The van der Waals surface area contributed by atoms with Crippen molar-refractivity contribution in [1.29, 1.82) is 0 Å². The number of nitrogens with one attached hydrogen (secondary N) is 1. The number of rotatable bonds is 4. The van der Waals surface area contributed by atoms with Crippen molar-refractivity contribution in [1.82, 2.24) is 5.32 Å². The first-order valence-corrected chi connectivity index (χ1v) is 6.61. The monoisotopic (exact) mass is 272 g/mol. The number of benzene rings is 1. The summed E-state index contributed by atoms with van der Waals surface area (Å²) in [5.74, 6) is 0.387. The Kier molecular flexibility index (Phi) is 4.47. The molecule has 1 aromatic carbocycles. The Bertz CT molecular complexity index is 417. The molecule has 0 aliphatic heterocycles. The first-order valence-electron chi connectivity index (χ1n) is 6.61. The van der Waals surface area contributed by atoms with E-state index in [-0.39, 0.29) is 12.6 Å². The highest BCUT2D eigenvalue weighted by molar-refractivity contribution is 5.29. The van der Waals surface area contributed by atoms with Crippen molar-refractivity contribution in [3.8, 4) is 0 Å². The van der Waals surface area contributed by atoms with Gasteiger partial charge >= 0.3 is 6.18 Å². The molecule has 0 bridgehead atoms. The Morgan fingerprint density at radius 2 is 1.95 bits per heavy atom. The summed E-state index contributed by atoms with van der Waals surface area (Å²) < 4.78 is 38.5. The van der Waals surface area contributed by atoms with E-state index in [9.17, 15) is 13.2 Å². The molecule has 0 aromatic heterocycles. The van der Waals surface area contributed by atoms with Gasteiger partial charge in [0.2, 0.25) is 0 Å². The number of hydrogen-bond donors (Lipinski definition) is 2. The van der Waals surface area contributed by atoms with Crippen LogP contribution in [0.5, 0.6) is 0 Å². The minimum absolute atomic E-state index is 0.242. The van der Waals surface area contributed by atoms with Gasteiger partial charge in [0.05, 0.1) is 5.56 Å². The van der Waals surface area contributed by atoms with Crippen LogP contribution in [0.1, 0.15) is 30.4 Å². The normalized spacial score (nSPS) is 23.8. The quantitative estimate of drug-likeness (QED) is 0.884. The molecule has 0 saturated heterocycles. The maximum atomic E-state index is 12.8. The number of nitrogens with two attached hydrogens (primary N) is 1. The van der Waals surface area contributed by atoms with Crippen molar-refractivity contribution in [2.24, 2.45) is 11.7 Å². The van der Waals surface area contributed by atoms with E-state index in [1.54, 1.807) is 6.07 Å². The van der Waals surface area contributed by atoms with Gasteiger partial charge in [0.15, 0.2) is 0 Å². The lowest BCUT2D eigenvalue weighted by atomic mass is 10.0. The highest BCUT2D eigenvalue weighted by Crippen LogP contribution is 2.32. The molecule has 0 heterocycles. The molecule has 0 spiro atoms. The molecule has 2 unspecified atom stereocenters. The Morgan fingerprint density at radius 3 is 2.63 bits per heavy atom. The predicted molar refractivity (Wildman–Crippen MR) is 68.5 cm³/mol. The summed E-state index contributed by atoms with van der Waals surface area (Å²) in [6, 6.07) is 5.96. The molecule has 1 aromatic rings. The summed E-state index contributed by atoms with van der Waals surface area (Å²) in [5.41, 5.74) is 5.42. The van der Waals surface area contributed by atoms with Crippen molar-refractivity contribution in [2.45, 2.75) is 38.0 Å². The van der Waals surface area contributed by atoms with Gasteiger partial charge < -0.3 is 11.1 Å². The lowest BCUT2D eigenvalue weighted by molar-refractivity contribution is -0.138. The fourth-order valence-electron chi connectivity index (χ4n) is 2.78. The molecular weight excluding hydrogens is 253 g/mol. The van der Waals surface area contributed by atoms with Gasteiger partial charge in [-0.05, 0) is 36.9 Å². The Hall–Kier alpha value is -1.07. The Balaban J connectivity index is 2.04. The highest BCUT2D eigenvalue weighted by atomic mass is 19.4. The third-order valence-corrected chi connectivity index (χ3v) is 3.84. The second-order valence-electron chi connectivity index (χ2n) is 5.07. The van der Waals surface area contributed by atoms with Gasteiger partial charge in [-0.2, -0.15) is 13.2 Å². The standard InChI is InChI=1S/C14H19F3N2/c15-14(16,17)12-6-2-1-4-11(12)9-19-13-7-3-5-10(13)8-18/h1-2,4,6,10,13,19H,3,5,7-9,18H2. The minimum atomic E-state index is -4.29. The summed E-state index contributed by atoms with van der Waals surface area (Å²) in [4.78, 5) is 0. The molecule has 0 amide bonds. The zero-order valence-electron chi connectivity index (χ0n) is 10.7. The van der Waals surface area contributed by atoms with Gasteiger partial charge in [-0.15, -0.1) is 0 Å². The SMILES string of the molecule is NCC1CCCC1NCc1ccccc1C(F)(F)F. The van der Waals surface area contributed by atoms with Crippen molar-refractivity contribution in [2.75, 3.05) is 6.54 Å². The molecule has 2 nitrogen and oxygen atoms in total. The van der Waals surface area contributed by atoms with Gasteiger partial charge in [0.25, 0.3) is 0 Å². The van der Waals surface area contributed by atoms with E-state index in [1.165, 1.54) is 12.1 Å². The molecule has 2 rings (SSSR count). The molecule has 1 aliphatic carbocycles. The first kappa shape index (κ1) is 14.3. The van der Waals surface area contributed by atoms with E-state index in [0.29, 0.717) is 18.0 Å². The zero-order chi connectivity index (χ0) is 13.9. The molecule has 1 aliphatic rings. The van der Waals surface area contributed by atoms with Crippen LogP contribution in [0, 0.1) is 5.92 Å². The molecule has 1 saturated carbocycles. The zero-order valence-corrected chi connectivity index (χ0v) is 10.7. The van der Waals surface area contributed by atoms with Crippen LogP contribution in [0.3, 0.4) is 0 Å². The summed E-state index contributed by atoms with van der Waals surface area (Å²) in [7, 11) is 0. The van der Waals surface area contributed by atoms with Crippen LogP contribution in [0.25, 0.3) is 0 Å². The number of alkyl halides is 3. The van der Waals surface area contributed by atoms with Crippen LogP contribution >= 0.6 is 0 Å². The molecule has 3 N–H and O–H groups in total. The third kappa shape index (κ3) is 3.48. The van der Waals surface area contributed by atoms with Gasteiger partial charge in [-0.1, -0.05) is 24.6 Å². The maximum Gasteiger partial charge on any atom is 0.416 e. The molecule has 106 valence electrons. The van der Waals surface area contributed by atoms with Crippen LogP contribution in [-0.4, -0.2) is 12.6 Å². The van der Waals surface area contributed by atoms with Crippen molar-refractivity contribution in [3.63, 3.8) is 0 Å². The van der Waals surface area contributed by atoms with Crippen LogP contribution in [0.2, 0.25) is 0 Å². The number of halogens is 3. The van der Waals surface area contributed by atoms with Crippen LogP contribution in [-0.2, 0) is 12.7 Å². The smallest absolute Gasteiger partial charge is 0.330 e.